The fourth-order valence-corrected chi connectivity index (χ4v) is 1.44. The van der Waals surface area contributed by atoms with Crippen molar-refractivity contribution in [2.45, 2.75) is 0 Å². The minimum Gasteiger partial charge on any atom is -0.464 e. The van der Waals surface area contributed by atoms with E-state index in [1.807, 2.05) is 5.43 Å². The average molecular weight is 288 g/mol. The van der Waals surface area contributed by atoms with Gasteiger partial charge in [-0.2, -0.15) is 0 Å². The van der Waals surface area contributed by atoms with Gasteiger partial charge < -0.3 is 15.6 Å². The van der Waals surface area contributed by atoms with Crippen LogP contribution in [0.3, 0.4) is 0 Å². The molecule has 0 unspecified atom stereocenters. The molecule has 0 aliphatic carbocycles. The summed E-state index contributed by atoms with van der Waals surface area (Å²) in [7, 11) is 0. The Hall–Kier alpha value is -3.29. The minimum atomic E-state index is -1.35. The Labute approximate surface area is 119 Å². The van der Waals surface area contributed by atoms with Gasteiger partial charge in [0.1, 0.15) is 17.3 Å². The van der Waals surface area contributed by atoms with Crippen LogP contribution in [0.25, 0.3) is 0 Å². The van der Waals surface area contributed by atoms with E-state index >= 15 is 0 Å². The van der Waals surface area contributed by atoms with Gasteiger partial charge >= 0.3 is 6.09 Å². The molecule has 2 aromatic rings. The molecule has 0 saturated heterocycles. The molecule has 0 aliphatic rings. The van der Waals surface area contributed by atoms with E-state index in [9.17, 15) is 9.59 Å². The topological polar surface area (TPSA) is 127 Å². The third kappa shape index (κ3) is 4.10. The number of nitrogens with two attached hydrogens (primary N) is 1. The van der Waals surface area contributed by atoms with Crippen LogP contribution in [0.4, 0.5) is 10.6 Å². The number of anilines is 1. The van der Waals surface area contributed by atoms with Gasteiger partial charge in [-0.15, -0.1) is 0 Å². The molecule has 1 heterocycles. The molecule has 2 amide bonds. The standard InChI is InChI=1S/C13H12N4O4/c14-11-6-5-10(7-15-11)21-9-3-1-8(2-4-9)12(18)16-17-13(19)20/h1-7,17H,(H2,14,15)(H,16,18)(H,19,20). The summed E-state index contributed by atoms with van der Waals surface area (Å²) in [5.41, 5.74) is 9.54. The predicted octanol–water partition coefficient (Wildman–Crippen LogP) is 1.37. The SMILES string of the molecule is Nc1ccc(Oc2ccc(C(=O)NNC(=O)O)cc2)cn1. The van der Waals surface area contributed by atoms with Gasteiger partial charge in [-0.25, -0.2) is 15.2 Å². The second kappa shape index (κ2) is 6.24. The van der Waals surface area contributed by atoms with Gasteiger partial charge in [0, 0.05) is 5.56 Å². The summed E-state index contributed by atoms with van der Waals surface area (Å²) < 4.78 is 5.51. The highest BCUT2D eigenvalue weighted by atomic mass is 16.5. The quantitative estimate of drug-likeness (QED) is 0.632. The highest BCUT2D eigenvalue weighted by Gasteiger charge is 2.06. The number of aromatic nitrogens is 1. The summed E-state index contributed by atoms with van der Waals surface area (Å²) in [6.45, 7) is 0. The first-order chi connectivity index (χ1) is 10.0. The molecule has 0 atom stereocenters. The number of carbonyl (C=O) groups excluding carboxylic acids is 1. The van der Waals surface area contributed by atoms with Gasteiger partial charge in [0.05, 0.1) is 6.20 Å². The van der Waals surface area contributed by atoms with Gasteiger partial charge in [0.15, 0.2) is 0 Å². The van der Waals surface area contributed by atoms with Crippen molar-refractivity contribution in [3.05, 3.63) is 48.2 Å². The first kappa shape index (κ1) is 14.1. The molecular weight excluding hydrogens is 276 g/mol. The molecule has 1 aromatic heterocycles. The van der Waals surface area contributed by atoms with Gasteiger partial charge in [0.2, 0.25) is 0 Å². The molecular formula is C13H12N4O4. The maximum absolute atomic E-state index is 11.6. The zero-order valence-corrected chi connectivity index (χ0v) is 10.7. The Bertz CT molecular complexity index is 640. The van der Waals surface area contributed by atoms with E-state index in [-0.39, 0.29) is 5.56 Å². The smallest absolute Gasteiger partial charge is 0.423 e. The van der Waals surface area contributed by atoms with Crippen LogP contribution in [0.2, 0.25) is 0 Å². The van der Waals surface area contributed by atoms with Gasteiger partial charge in [0.25, 0.3) is 5.91 Å². The number of rotatable bonds is 3. The van der Waals surface area contributed by atoms with Crippen molar-refractivity contribution in [3.8, 4) is 11.5 Å². The Morgan fingerprint density at radius 2 is 1.71 bits per heavy atom. The van der Waals surface area contributed by atoms with Crippen LogP contribution in [0.5, 0.6) is 11.5 Å². The van der Waals surface area contributed by atoms with Gasteiger partial charge in [-0.1, -0.05) is 0 Å². The van der Waals surface area contributed by atoms with E-state index in [1.54, 1.807) is 29.7 Å². The average Bonchev–Trinajstić information content (AvgIpc) is 2.48. The molecule has 108 valence electrons. The first-order valence-corrected chi connectivity index (χ1v) is 5.83. The highest BCUT2D eigenvalue weighted by Crippen LogP contribution is 2.21. The lowest BCUT2D eigenvalue weighted by atomic mass is 10.2. The Morgan fingerprint density at radius 1 is 1.05 bits per heavy atom. The normalized spacial score (nSPS) is 9.71. The van der Waals surface area contributed by atoms with Crippen molar-refractivity contribution in [1.82, 2.24) is 15.8 Å². The van der Waals surface area contributed by atoms with Crippen LogP contribution in [0.15, 0.2) is 42.6 Å². The molecule has 0 bridgehead atoms. The molecule has 2 rings (SSSR count). The molecule has 0 saturated carbocycles. The molecule has 21 heavy (non-hydrogen) atoms. The lowest BCUT2D eigenvalue weighted by molar-refractivity contribution is 0.0926. The highest BCUT2D eigenvalue weighted by molar-refractivity contribution is 5.94. The molecule has 1 aromatic carbocycles. The Kier molecular flexibility index (Phi) is 4.20. The zero-order valence-electron chi connectivity index (χ0n) is 10.7. The first-order valence-electron chi connectivity index (χ1n) is 5.83. The van der Waals surface area contributed by atoms with Crippen LogP contribution in [0, 0.1) is 0 Å². The number of nitrogens with zero attached hydrogens (tertiary/aromatic N) is 1. The predicted molar refractivity (Wildman–Crippen MR) is 73.8 cm³/mol. The number of pyridine rings is 1. The number of nitrogen functional groups attached to an aromatic ring is 1. The lowest BCUT2D eigenvalue weighted by Gasteiger charge is -2.07. The number of carboxylic acid groups (broad SMARTS) is 1. The zero-order chi connectivity index (χ0) is 15.2. The number of amides is 2. The van der Waals surface area contributed by atoms with Crippen LogP contribution in [-0.2, 0) is 0 Å². The second-order valence-corrected chi connectivity index (χ2v) is 3.93. The summed E-state index contributed by atoms with van der Waals surface area (Å²) in [6, 6.07) is 9.42. The van der Waals surface area contributed by atoms with Crippen molar-refractivity contribution < 1.29 is 19.4 Å². The number of benzene rings is 1. The summed E-state index contributed by atoms with van der Waals surface area (Å²) >= 11 is 0. The van der Waals surface area contributed by atoms with E-state index in [2.05, 4.69) is 4.98 Å². The van der Waals surface area contributed by atoms with E-state index in [0.717, 1.165) is 0 Å². The number of ether oxygens (including phenoxy) is 1. The van der Waals surface area contributed by atoms with Crippen molar-refractivity contribution in [3.63, 3.8) is 0 Å². The molecule has 0 aliphatic heterocycles. The molecule has 0 spiro atoms. The van der Waals surface area contributed by atoms with E-state index < -0.39 is 12.0 Å². The summed E-state index contributed by atoms with van der Waals surface area (Å²) in [5, 5.41) is 8.38. The number of hydrogen-bond donors (Lipinski definition) is 4. The summed E-state index contributed by atoms with van der Waals surface area (Å²) in [4.78, 5) is 25.7. The third-order valence-corrected chi connectivity index (χ3v) is 2.39. The molecule has 8 nitrogen and oxygen atoms in total. The molecule has 0 fully saturated rings. The van der Waals surface area contributed by atoms with E-state index in [0.29, 0.717) is 17.3 Å². The van der Waals surface area contributed by atoms with Crippen LogP contribution >= 0.6 is 0 Å². The maximum atomic E-state index is 11.6. The van der Waals surface area contributed by atoms with Crippen molar-refractivity contribution in [2.75, 3.05) is 5.73 Å². The van der Waals surface area contributed by atoms with Gasteiger partial charge in [-0.3, -0.25) is 10.2 Å². The van der Waals surface area contributed by atoms with Crippen LogP contribution in [-0.4, -0.2) is 22.1 Å². The Morgan fingerprint density at radius 3 is 2.29 bits per heavy atom. The summed E-state index contributed by atoms with van der Waals surface area (Å²) in [6.07, 6.45) is 0.131. The van der Waals surface area contributed by atoms with E-state index in [1.165, 1.54) is 18.3 Å². The minimum absolute atomic E-state index is 0.284. The van der Waals surface area contributed by atoms with E-state index in [4.69, 9.17) is 15.6 Å². The van der Waals surface area contributed by atoms with Crippen molar-refractivity contribution >= 4 is 17.8 Å². The molecule has 5 N–H and O–H groups in total. The number of nitrogens with one attached hydrogen (secondary N) is 2. The number of hydrazine groups is 1. The van der Waals surface area contributed by atoms with Gasteiger partial charge in [-0.05, 0) is 36.4 Å². The van der Waals surface area contributed by atoms with Crippen molar-refractivity contribution in [1.29, 1.82) is 0 Å². The number of hydrogen-bond acceptors (Lipinski definition) is 5. The Balaban J connectivity index is 2.00. The van der Waals surface area contributed by atoms with Crippen molar-refractivity contribution in [2.24, 2.45) is 0 Å². The molecule has 0 radical (unpaired) electrons. The fraction of sp³-hybridized carbons (Fsp3) is 0. The lowest BCUT2D eigenvalue weighted by Crippen LogP contribution is -2.40. The largest absolute Gasteiger partial charge is 0.464 e. The maximum Gasteiger partial charge on any atom is 0.423 e. The fourth-order valence-electron chi connectivity index (χ4n) is 1.44. The second-order valence-electron chi connectivity index (χ2n) is 3.93. The monoisotopic (exact) mass is 288 g/mol. The number of carbonyl (C=O) groups is 2. The van der Waals surface area contributed by atoms with Crippen LogP contribution in [0.1, 0.15) is 10.4 Å². The third-order valence-electron chi connectivity index (χ3n) is 2.39. The molecule has 8 heteroatoms. The summed E-state index contributed by atoms with van der Waals surface area (Å²) in [5.74, 6) is 0.830. The van der Waals surface area contributed by atoms with Crippen LogP contribution < -0.4 is 21.3 Å².